The summed E-state index contributed by atoms with van der Waals surface area (Å²) in [6.07, 6.45) is 1.27. The number of benzene rings is 1. The van der Waals surface area contributed by atoms with Crippen molar-refractivity contribution in [3.63, 3.8) is 0 Å². The summed E-state index contributed by atoms with van der Waals surface area (Å²) in [5.74, 6) is 0.188. The van der Waals surface area contributed by atoms with Gasteiger partial charge < -0.3 is 9.26 Å². The minimum Gasteiger partial charge on any atom is -0.375 e. The van der Waals surface area contributed by atoms with E-state index >= 15 is 0 Å². The van der Waals surface area contributed by atoms with Crippen LogP contribution in [0.4, 0.5) is 0 Å². The molecule has 1 aliphatic carbocycles. The van der Waals surface area contributed by atoms with Crippen molar-refractivity contribution in [2.24, 2.45) is 0 Å². The maximum Gasteiger partial charge on any atom is 0.252 e. The van der Waals surface area contributed by atoms with Gasteiger partial charge in [-0.25, -0.2) is 8.42 Å². The first kappa shape index (κ1) is 15.5. The minimum absolute atomic E-state index is 0.162. The largest absolute Gasteiger partial charge is 0.375 e. The van der Waals surface area contributed by atoms with Crippen molar-refractivity contribution in [2.75, 3.05) is 7.11 Å². The van der Waals surface area contributed by atoms with Gasteiger partial charge in [-0.2, -0.15) is 4.98 Å². The van der Waals surface area contributed by atoms with E-state index in [-0.39, 0.29) is 24.1 Å². The first-order valence-corrected chi connectivity index (χ1v) is 8.89. The second kappa shape index (κ2) is 5.98. The summed E-state index contributed by atoms with van der Waals surface area (Å²) >= 11 is 5.95. The Morgan fingerprint density at radius 3 is 3.05 bits per heavy atom. The van der Waals surface area contributed by atoms with Crippen molar-refractivity contribution in [3.8, 4) is 0 Å². The Morgan fingerprint density at radius 1 is 1.45 bits per heavy atom. The van der Waals surface area contributed by atoms with Gasteiger partial charge >= 0.3 is 0 Å². The van der Waals surface area contributed by atoms with Gasteiger partial charge in [-0.3, -0.25) is 0 Å². The molecule has 8 heteroatoms. The van der Waals surface area contributed by atoms with E-state index in [4.69, 9.17) is 20.9 Å². The molecular weight excluding hydrogens is 328 g/mol. The Kier molecular flexibility index (Phi) is 4.20. The molecule has 0 spiro atoms. The van der Waals surface area contributed by atoms with E-state index in [0.717, 1.165) is 11.1 Å². The van der Waals surface area contributed by atoms with Crippen LogP contribution in [0.1, 0.15) is 34.5 Å². The summed E-state index contributed by atoms with van der Waals surface area (Å²) in [5, 5.41) is 3.78. The highest BCUT2D eigenvalue weighted by molar-refractivity contribution is 7.90. The van der Waals surface area contributed by atoms with Crippen molar-refractivity contribution >= 4 is 21.4 Å². The first-order valence-electron chi connectivity index (χ1n) is 6.80. The molecule has 0 saturated carbocycles. The van der Waals surface area contributed by atoms with E-state index in [2.05, 4.69) is 10.1 Å². The van der Waals surface area contributed by atoms with Gasteiger partial charge in [-0.15, -0.1) is 0 Å². The molecule has 6 nitrogen and oxygen atoms in total. The number of methoxy groups -OCH3 is 1. The number of halogens is 1. The average Bonchev–Trinajstić information content (AvgIpc) is 3.05. The third-order valence-corrected chi connectivity index (χ3v) is 5.92. The van der Waals surface area contributed by atoms with Crippen molar-refractivity contribution in [1.29, 1.82) is 0 Å². The van der Waals surface area contributed by atoms with E-state index < -0.39 is 15.1 Å². The highest BCUT2D eigenvalue weighted by Gasteiger charge is 2.34. The smallest absolute Gasteiger partial charge is 0.252 e. The lowest BCUT2D eigenvalue weighted by Crippen LogP contribution is -2.14. The summed E-state index contributed by atoms with van der Waals surface area (Å²) in [5.41, 5.74) is 1.82. The second-order valence-electron chi connectivity index (χ2n) is 5.22. The molecule has 1 heterocycles. The zero-order chi connectivity index (χ0) is 15.7. The summed E-state index contributed by atoms with van der Waals surface area (Å²) < 4.78 is 35.1. The minimum atomic E-state index is -3.41. The van der Waals surface area contributed by atoms with Crippen LogP contribution in [-0.2, 0) is 33.4 Å². The fourth-order valence-electron chi connectivity index (χ4n) is 2.73. The van der Waals surface area contributed by atoms with E-state index in [9.17, 15) is 8.42 Å². The molecule has 0 bridgehead atoms. The van der Waals surface area contributed by atoms with Gasteiger partial charge in [0.1, 0.15) is 12.4 Å². The Bertz CT molecular complexity index is 788. The molecule has 118 valence electrons. The topological polar surface area (TPSA) is 82.3 Å². The number of rotatable bonds is 5. The van der Waals surface area contributed by atoms with Crippen LogP contribution in [0, 0.1) is 0 Å². The normalized spacial score (nSPS) is 17.6. The quantitative estimate of drug-likeness (QED) is 0.830. The molecule has 1 atom stereocenters. The Labute approximate surface area is 133 Å². The lowest BCUT2D eigenvalue weighted by atomic mass is 10.1. The van der Waals surface area contributed by atoms with Crippen LogP contribution in [0.25, 0.3) is 0 Å². The fourth-order valence-corrected chi connectivity index (χ4v) is 4.70. The molecule has 1 aliphatic rings. The maximum absolute atomic E-state index is 12.6. The van der Waals surface area contributed by atoms with Crippen LogP contribution >= 0.6 is 11.6 Å². The molecule has 1 aromatic heterocycles. The van der Waals surface area contributed by atoms with E-state index in [1.54, 1.807) is 12.1 Å². The SMILES string of the molecule is COCc1nc(CS(=O)(=O)C2CCc3cc(Cl)ccc32)no1. The van der Waals surface area contributed by atoms with E-state index in [1.165, 1.54) is 7.11 Å². The molecule has 1 unspecified atom stereocenters. The second-order valence-corrected chi connectivity index (χ2v) is 7.83. The Hall–Kier alpha value is -1.44. The predicted octanol–water partition coefficient (Wildman–Crippen LogP) is 2.47. The van der Waals surface area contributed by atoms with Gasteiger partial charge in [-0.05, 0) is 36.1 Å². The van der Waals surface area contributed by atoms with Gasteiger partial charge in [-0.1, -0.05) is 22.8 Å². The lowest BCUT2D eigenvalue weighted by molar-refractivity contribution is 0.151. The molecule has 0 radical (unpaired) electrons. The van der Waals surface area contributed by atoms with Crippen LogP contribution in [-0.4, -0.2) is 25.7 Å². The molecule has 0 aliphatic heterocycles. The van der Waals surface area contributed by atoms with Gasteiger partial charge in [0.25, 0.3) is 5.89 Å². The summed E-state index contributed by atoms with van der Waals surface area (Å²) in [7, 11) is -1.91. The standard InChI is InChI=1S/C14H15ClN2O4S/c1-20-7-14-16-13(17-21-14)8-22(18,19)12-5-2-9-6-10(15)3-4-11(9)12/h3-4,6,12H,2,5,7-8H2,1H3. The molecule has 3 rings (SSSR count). The number of aromatic nitrogens is 2. The zero-order valence-electron chi connectivity index (χ0n) is 12.0. The highest BCUT2D eigenvalue weighted by atomic mass is 35.5. The third-order valence-electron chi connectivity index (χ3n) is 3.67. The van der Waals surface area contributed by atoms with Crippen LogP contribution in [0.3, 0.4) is 0 Å². The molecule has 0 amide bonds. The number of nitrogens with zero attached hydrogens (tertiary/aromatic N) is 2. The molecule has 0 saturated heterocycles. The number of ether oxygens (including phenoxy) is 1. The van der Waals surface area contributed by atoms with Crippen molar-refractivity contribution in [2.45, 2.75) is 30.5 Å². The molecule has 2 aromatic rings. The zero-order valence-corrected chi connectivity index (χ0v) is 13.5. The number of hydrogen-bond acceptors (Lipinski definition) is 6. The van der Waals surface area contributed by atoms with Crippen molar-refractivity contribution < 1.29 is 17.7 Å². The molecule has 22 heavy (non-hydrogen) atoms. The lowest BCUT2D eigenvalue weighted by Gasteiger charge is -2.11. The molecule has 0 fully saturated rings. The summed E-state index contributed by atoms with van der Waals surface area (Å²) in [6, 6.07) is 5.34. The predicted molar refractivity (Wildman–Crippen MR) is 80.1 cm³/mol. The van der Waals surface area contributed by atoms with Crippen molar-refractivity contribution in [3.05, 3.63) is 46.1 Å². The Morgan fingerprint density at radius 2 is 2.27 bits per heavy atom. The van der Waals surface area contributed by atoms with Crippen molar-refractivity contribution in [1.82, 2.24) is 10.1 Å². The number of aryl methyl sites for hydroxylation is 1. The monoisotopic (exact) mass is 342 g/mol. The van der Waals surface area contributed by atoms with Gasteiger partial charge in [0.2, 0.25) is 0 Å². The van der Waals surface area contributed by atoms with Gasteiger partial charge in [0, 0.05) is 12.1 Å². The third kappa shape index (κ3) is 3.02. The molecule has 0 N–H and O–H groups in total. The molecular formula is C14H15ClN2O4S. The average molecular weight is 343 g/mol. The van der Waals surface area contributed by atoms with E-state index in [0.29, 0.717) is 17.9 Å². The Balaban J connectivity index is 1.82. The number of fused-ring (bicyclic) bond motifs is 1. The molecule has 1 aromatic carbocycles. The van der Waals surface area contributed by atoms with Crippen LogP contribution < -0.4 is 0 Å². The first-order chi connectivity index (χ1) is 10.5. The van der Waals surface area contributed by atoms with Crippen LogP contribution in [0.15, 0.2) is 22.7 Å². The van der Waals surface area contributed by atoms with Crippen LogP contribution in [0.5, 0.6) is 0 Å². The number of hydrogen-bond donors (Lipinski definition) is 0. The van der Waals surface area contributed by atoms with Gasteiger partial charge in [0.05, 0.1) is 5.25 Å². The summed E-state index contributed by atoms with van der Waals surface area (Å²) in [6.45, 7) is 0.164. The fraction of sp³-hybridized carbons (Fsp3) is 0.429. The highest BCUT2D eigenvalue weighted by Crippen LogP contribution is 2.39. The number of sulfone groups is 1. The summed E-state index contributed by atoms with van der Waals surface area (Å²) in [4.78, 5) is 4.02. The maximum atomic E-state index is 12.6. The van der Waals surface area contributed by atoms with Crippen LogP contribution in [0.2, 0.25) is 5.02 Å². The van der Waals surface area contributed by atoms with Gasteiger partial charge in [0.15, 0.2) is 15.7 Å². The van der Waals surface area contributed by atoms with E-state index in [1.807, 2.05) is 6.07 Å².